The van der Waals surface area contributed by atoms with Gasteiger partial charge in [0.2, 0.25) is 0 Å². The largest absolute Gasteiger partial charge is 0.299 e. The minimum Gasteiger partial charge on any atom is -0.299 e. The molecule has 3 saturated carbocycles. The number of allylic oxidation sites excluding steroid dienone is 7. The van der Waals surface area contributed by atoms with Gasteiger partial charge in [0.1, 0.15) is 5.78 Å². The molecule has 0 radical (unpaired) electrons. The lowest BCUT2D eigenvalue weighted by atomic mass is 9.63. The first-order valence-electron chi connectivity index (χ1n) is 13.7. The summed E-state index contributed by atoms with van der Waals surface area (Å²) in [6, 6.07) is 0. The maximum atomic E-state index is 12.4. The van der Waals surface area contributed by atoms with Crippen LogP contribution in [0.15, 0.2) is 47.6 Å². The second kappa shape index (κ2) is 12.2. The van der Waals surface area contributed by atoms with Crippen LogP contribution in [0.1, 0.15) is 117 Å². The Morgan fingerprint density at radius 1 is 1.09 bits per heavy atom. The van der Waals surface area contributed by atoms with Crippen molar-refractivity contribution in [1.82, 2.24) is 0 Å². The number of Topliss-reactive ketones (excluding diaryl/α,β-unsaturated/α-hetero) is 1. The zero-order valence-electron chi connectivity index (χ0n) is 21.3. The van der Waals surface area contributed by atoms with Crippen LogP contribution in [0.3, 0.4) is 0 Å². The Labute approximate surface area is 198 Å². The monoisotopic (exact) mass is 436 g/mol. The van der Waals surface area contributed by atoms with Gasteiger partial charge in [0.15, 0.2) is 0 Å². The molecule has 0 aromatic carbocycles. The van der Waals surface area contributed by atoms with Crippen LogP contribution in [0.2, 0.25) is 0 Å². The SMILES string of the molecule is C=C1CCCC/C1=C/C=C1\CCC[C@]2(C)C(C/C=C/CC(CC)C(=O)CCCC)CCC12. The van der Waals surface area contributed by atoms with Crippen molar-refractivity contribution in [3.63, 3.8) is 0 Å². The highest BCUT2D eigenvalue weighted by Crippen LogP contribution is 2.58. The first-order chi connectivity index (χ1) is 15.5. The van der Waals surface area contributed by atoms with Gasteiger partial charge in [-0.1, -0.05) is 69.2 Å². The number of ketones is 1. The van der Waals surface area contributed by atoms with Crippen LogP contribution >= 0.6 is 0 Å². The molecule has 0 aromatic heterocycles. The Morgan fingerprint density at radius 2 is 1.91 bits per heavy atom. The van der Waals surface area contributed by atoms with Crippen molar-refractivity contribution in [3.8, 4) is 0 Å². The van der Waals surface area contributed by atoms with Crippen molar-refractivity contribution in [1.29, 1.82) is 0 Å². The number of hydrogen-bond donors (Lipinski definition) is 0. The predicted molar refractivity (Wildman–Crippen MR) is 139 cm³/mol. The lowest BCUT2D eigenvalue weighted by Gasteiger charge is -2.42. The van der Waals surface area contributed by atoms with E-state index in [1.807, 2.05) is 0 Å². The summed E-state index contributed by atoms with van der Waals surface area (Å²) in [5.41, 5.74) is 5.05. The molecule has 32 heavy (non-hydrogen) atoms. The summed E-state index contributed by atoms with van der Waals surface area (Å²) in [7, 11) is 0. The standard InChI is InChI=1S/C31H48O/c1-5-7-18-30(32)25(6-2)14-10-11-17-28-21-22-29-27(16-12-23-31(28,29)4)20-19-26-15-9-8-13-24(26)3/h10-11,19-20,25,28-29H,3,5-9,12-18,21-23H2,1-2,4H3/b11-10+,26-19-,27-20+/t25?,28?,29?,31-/m1/s1. The fourth-order valence-corrected chi connectivity index (χ4v) is 6.74. The average molecular weight is 437 g/mol. The van der Waals surface area contributed by atoms with Gasteiger partial charge < -0.3 is 0 Å². The molecule has 3 aliphatic rings. The third-order valence-electron chi connectivity index (χ3n) is 9.02. The smallest absolute Gasteiger partial charge is 0.136 e. The fourth-order valence-electron chi connectivity index (χ4n) is 6.74. The maximum Gasteiger partial charge on any atom is 0.136 e. The molecule has 3 rings (SSSR count). The minimum atomic E-state index is 0.233. The number of hydrogen-bond acceptors (Lipinski definition) is 1. The molecule has 0 aliphatic heterocycles. The summed E-state index contributed by atoms with van der Waals surface area (Å²) >= 11 is 0. The van der Waals surface area contributed by atoms with E-state index in [4.69, 9.17) is 0 Å². The second-order valence-corrected chi connectivity index (χ2v) is 11.0. The summed E-state index contributed by atoms with van der Waals surface area (Å²) in [6.07, 6.45) is 27.5. The molecule has 4 atom stereocenters. The maximum absolute atomic E-state index is 12.4. The zero-order chi connectivity index (χ0) is 23.0. The van der Waals surface area contributed by atoms with E-state index in [0.29, 0.717) is 11.2 Å². The highest BCUT2D eigenvalue weighted by Gasteiger charge is 2.48. The fraction of sp³-hybridized carbons (Fsp3) is 0.710. The number of rotatable bonds is 10. The molecule has 0 saturated heterocycles. The van der Waals surface area contributed by atoms with Gasteiger partial charge in [-0.3, -0.25) is 4.79 Å². The molecule has 3 unspecified atom stereocenters. The summed E-state index contributed by atoms with van der Waals surface area (Å²) in [6.45, 7) is 11.2. The quantitative estimate of drug-likeness (QED) is 0.312. The molecule has 0 spiro atoms. The molecule has 178 valence electrons. The molecule has 0 N–H and O–H groups in total. The first kappa shape index (κ1) is 25.3. The minimum absolute atomic E-state index is 0.233. The lowest BCUT2D eigenvalue weighted by molar-refractivity contribution is -0.123. The Hall–Kier alpha value is -1.37. The van der Waals surface area contributed by atoms with Crippen LogP contribution in [0.5, 0.6) is 0 Å². The average Bonchev–Trinajstić information content (AvgIpc) is 3.13. The lowest BCUT2D eigenvalue weighted by Crippen LogP contribution is -2.33. The Kier molecular flexibility index (Phi) is 9.62. The second-order valence-electron chi connectivity index (χ2n) is 11.0. The molecule has 0 bridgehead atoms. The molecular formula is C31H48O. The van der Waals surface area contributed by atoms with Gasteiger partial charge in [0.05, 0.1) is 0 Å². The number of carbonyl (C=O) groups is 1. The van der Waals surface area contributed by atoms with Crippen LogP contribution in [-0.4, -0.2) is 5.78 Å². The first-order valence-corrected chi connectivity index (χ1v) is 13.7. The van der Waals surface area contributed by atoms with Gasteiger partial charge in [-0.15, -0.1) is 0 Å². The third-order valence-corrected chi connectivity index (χ3v) is 9.02. The van der Waals surface area contributed by atoms with E-state index < -0.39 is 0 Å². The summed E-state index contributed by atoms with van der Waals surface area (Å²) < 4.78 is 0. The summed E-state index contributed by atoms with van der Waals surface area (Å²) in [5, 5.41) is 0. The molecule has 0 amide bonds. The summed E-state index contributed by atoms with van der Waals surface area (Å²) in [4.78, 5) is 12.4. The Morgan fingerprint density at radius 3 is 2.66 bits per heavy atom. The molecular weight excluding hydrogens is 388 g/mol. The van der Waals surface area contributed by atoms with Crippen molar-refractivity contribution < 1.29 is 4.79 Å². The van der Waals surface area contributed by atoms with Gasteiger partial charge in [-0.05, 0) is 106 Å². The normalized spacial score (nSPS) is 32.0. The van der Waals surface area contributed by atoms with Crippen molar-refractivity contribution in [2.75, 3.05) is 0 Å². The molecule has 0 heterocycles. The van der Waals surface area contributed by atoms with Crippen LogP contribution in [0.25, 0.3) is 0 Å². The predicted octanol–water partition coefficient (Wildman–Crippen LogP) is 9.31. The van der Waals surface area contributed by atoms with Gasteiger partial charge in [0.25, 0.3) is 0 Å². The van der Waals surface area contributed by atoms with E-state index >= 15 is 0 Å². The van der Waals surface area contributed by atoms with Crippen LogP contribution in [0.4, 0.5) is 0 Å². The molecule has 3 fully saturated rings. The number of carbonyl (C=O) groups excluding carboxylic acids is 1. The summed E-state index contributed by atoms with van der Waals surface area (Å²) in [5.74, 6) is 2.27. The Balaban J connectivity index is 1.58. The van der Waals surface area contributed by atoms with E-state index in [9.17, 15) is 4.79 Å². The Bertz CT molecular complexity index is 736. The molecule has 1 heteroatoms. The van der Waals surface area contributed by atoms with E-state index in [1.54, 1.807) is 5.57 Å². The molecule has 0 aromatic rings. The highest BCUT2D eigenvalue weighted by molar-refractivity contribution is 5.81. The molecule has 1 nitrogen and oxygen atoms in total. The van der Waals surface area contributed by atoms with E-state index in [-0.39, 0.29) is 5.92 Å². The van der Waals surface area contributed by atoms with Crippen LogP contribution in [-0.2, 0) is 4.79 Å². The van der Waals surface area contributed by atoms with E-state index in [2.05, 4.69) is 51.7 Å². The van der Waals surface area contributed by atoms with Gasteiger partial charge in [-0.2, -0.15) is 0 Å². The van der Waals surface area contributed by atoms with Gasteiger partial charge in [0, 0.05) is 12.3 Å². The van der Waals surface area contributed by atoms with Crippen LogP contribution < -0.4 is 0 Å². The zero-order valence-corrected chi connectivity index (χ0v) is 21.3. The highest BCUT2D eigenvalue weighted by atomic mass is 16.1. The van der Waals surface area contributed by atoms with E-state index in [0.717, 1.165) is 43.9 Å². The van der Waals surface area contributed by atoms with E-state index in [1.165, 1.54) is 75.4 Å². The molecule has 3 aliphatic carbocycles. The van der Waals surface area contributed by atoms with Crippen molar-refractivity contribution in [3.05, 3.63) is 47.6 Å². The number of unbranched alkanes of at least 4 members (excludes halogenated alkanes) is 1. The van der Waals surface area contributed by atoms with Crippen molar-refractivity contribution in [2.24, 2.45) is 23.2 Å². The third kappa shape index (κ3) is 6.15. The van der Waals surface area contributed by atoms with Crippen LogP contribution in [0, 0.1) is 23.2 Å². The van der Waals surface area contributed by atoms with Crippen molar-refractivity contribution in [2.45, 2.75) is 117 Å². The van der Waals surface area contributed by atoms with Gasteiger partial charge in [-0.25, -0.2) is 0 Å². The topological polar surface area (TPSA) is 17.1 Å². The van der Waals surface area contributed by atoms with Gasteiger partial charge >= 0.3 is 0 Å². The number of fused-ring (bicyclic) bond motifs is 1. The van der Waals surface area contributed by atoms with Crippen molar-refractivity contribution >= 4 is 5.78 Å².